The molecule has 2 heterocycles. The van der Waals surface area contributed by atoms with Gasteiger partial charge in [0.1, 0.15) is 5.82 Å². The molecule has 0 radical (unpaired) electrons. The lowest BCUT2D eigenvalue weighted by Gasteiger charge is -2.17. The Bertz CT molecular complexity index is 1090. The number of ether oxygens (including phenoxy) is 2. The van der Waals surface area contributed by atoms with Crippen molar-refractivity contribution in [1.82, 2.24) is 15.0 Å². The Morgan fingerprint density at radius 2 is 2.00 bits per heavy atom. The van der Waals surface area contributed by atoms with Gasteiger partial charge in [0, 0.05) is 25.1 Å². The van der Waals surface area contributed by atoms with Gasteiger partial charge in [-0.3, -0.25) is 4.79 Å². The van der Waals surface area contributed by atoms with Crippen LogP contribution in [0.2, 0.25) is 5.02 Å². The van der Waals surface area contributed by atoms with Crippen LogP contribution in [-0.2, 0) is 11.3 Å². The second-order valence-corrected chi connectivity index (χ2v) is 7.36. The molecule has 7 nitrogen and oxygen atoms in total. The van der Waals surface area contributed by atoms with Crippen LogP contribution >= 0.6 is 11.6 Å². The van der Waals surface area contributed by atoms with Crippen molar-refractivity contribution in [3.05, 3.63) is 58.7 Å². The first-order chi connectivity index (χ1) is 14.5. The van der Waals surface area contributed by atoms with Crippen molar-refractivity contribution in [2.75, 3.05) is 20.8 Å². The highest BCUT2D eigenvalue weighted by Crippen LogP contribution is 2.32. The standard InChI is InChI=1S/C21H19ClFN3O4/c1-28-17-6-3-12(7-18(17)29-2)10-26-11-14(9-19(26)27)21-24-20(25-30-21)13-4-5-16(23)15(22)8-13/h3-8,14H,9-11H2,1-2H3. The number of carbonyl (C=O) groups is 1. The maximum absolute atomic E-state index is 13.4. The molecular weight excluding hydrogens is 413 g/mol. The van der Waals surface area contributed by atoms with Crippen molar-refractivity contribution in [2.45, 2.75) is 18.9 Å². The topological polar surface area (TPSA) is 77.7 Å². The number of benzene rings is 2. The van der Waals surface area contributed by atoms with E-state index in [0.29, 0.717) is 41.9 Å². The van der Waals surface area contributed by atoms with E-state index in [0.717, 1.165) is 5.56 Å². The first kappa shape index (κ1) is 20.2. The van der Waals surface area contributed by atoms with Gasteiger partial charge in [0.2, 0.25) is 17.6 Å². The number of halogens is 2. The maximum atomic E-state index is 13.4. The summed E-state index contributed by atoms with van der Waals surface area (Å²) in [6.07, 6.45) is 0.277. The number of hydrogen-bond acceptors (Lipinski definition) is 6. The Hall–Kier alpha value is -3.13. The Kier molecular flexibility index (Phi) is 5.59. The van der Waals surface area contributed by atoms with Crippen LogP contribution in [0.25, 0.3) is 11.4 Å². The van der Waals surface area contributed by atoms with Gasteiger partial charge in [0.05, 0.1) is 25.2 Å². The minimum absolute atomic E-state index is 0.000591. The normalized spacial score (nSPS) is 16.2. The number of likely N-dealkylation sites (tertiary alicyclic amines) is 1. The van der Waals surface area contributed by atoms with Crippen LogP contribution in [0, 0.1) is 5.82 Å². The number of nitrogens with zero attached hydrogens (tertiary/aromatic N) is 3. The second-order valence-electron chi connectivity index (χ2n) is 6.95. The Labute approximate surface area is 177 Å². The Morgan fingerprint density at radius 3 is 2.73 bits per heavy atom. The zero-order chi connectivity index (χ0) is 21.3. The van der Waals surface area contributed by atoms with E-state index in [1.807, 2.05) is 18.2 Å². The van der Waals surface area contributed by atoms with Crippen LogP contribution in [0.3, 0.4) is 0 Å². The maximum Gasteiger partial charge on any atom is 0.232 e. The summed E-state index contributed by atoms with van der Waals surface area (Å²) in [5.41, 5.74) is 1.47. The third-order valence-corrected chi connectivity index (χ3v) is 5.29. The lowest BCUT2D eigenvalue weighted by atomic mass is 10.1. The number of aromatic nitrogens is 2. The van der Waals surface area contributed by atoms with Gasteiger partial charge < -0.3 is 18.9 Å². The molecule has 0 aliphatic carbocycles. The van der Waals surface area contributed by atoms with Crippen molar-refractivity contribution < 1.29 is 23.2 Å². The minimum Gasteiger partial charge on any atom is -0.493 e. The third-order valence-electron chi connectivity index (χ3n) is 5.00. The summed E-state index contributed by atoms with van der Waals surface area (Å²) in [7, 11) is 3.14. The fourth-order valence-electron chi connectivity index (χ4n) is 3.44. The Balaban J connectivity index is 1.47. The molecule has 0 bridgehead atoms. The lowest BCUT2D eigenvalue weighted by Crippen LogP contribution is -2.24. The average Bonchev–Trinajstić information content (AvgIpc) is 3.37. The number of rotatable bonds is 6. The highest BCUT2D eigenvalue weighted by molar-refractivity contribution is 6.31. The summed E-state index contributed by atoms with van der Waals surface area (Å²) in [5.74, 6) is 1.18. The van der Waals surface area contributed by atoms with Gasteiger partial charge in [-0.25, -0.2) is 4.39 Å². The molecule has 1 fully saturated rings. The molecule has 1 aliphatic rings. The molecule has 1 atom stereocenters. The van der Waals surface area contributed by atoms with Gasteiger partial charge in [0.15, 0.2) is 11.5 Å². The molecule has 1 aromatic heterocycles. The van der Waals surface area contributed by atoms with E-state index in [4.69, 9.17) is 25.6 Å². The highest BCUT2D eigenvalue weighted by atomic mass is 35.5. The Morgan fingerprint density at radius 1 is 1.20 bits per heavy atom. The number of carbonyl (C=O) groups excluding carboxylic acids is 1. The molecule has 1 saturated heterocycles. The van der Waals surface area contributed by atoms with E-state index in [1.54, 1.807) is 19.1 Å². The molecular formula is C21H19ClFN3O4. The molecule has 1 aliphatic heterocycles. The minimum atomic E-state index is -0.517. The average molecular weight is 432 g/mol. The monoisotopic (exact) mass is 431 g/mol. The molecule has 4 rings (SSSR count). The second kappa shape index (κ2) is 8.31. The molecule has 1 unspecified atom stereocenters. The van der Waals surface area contributed by atoms with Crippen molar-refractivity contribution >= 4 is 17.5 Å². The van der Waals surface area contributed by atoms with E-state index >= 15 is 0 Å². The van der Waals surface area contributed by atoms with Gasteiger partial charge in [-0.05, 0) is 35.9 Å². The van der Waals surface area contributed by atoms with Crippen LogP contribution in [0.5, 0.6) is 11.5 Å². The van der Waals surface area contributed by atoms with Gasteiger partial charge in [-0.15, -0.1) is 0 Å². The summed E-state index contributed by atoms with van der Waals surface area (Å²) < 4.78 is 29.3. The van der Waals surface area contributed by atoms with Crippen LogP contribution < -0.4 is 9.47 Å². The number of amides is 1. The zero-order valence-corrected chi connectivity index (χ0v) is 17.1. The first-order valence-corrected chi connectivity index (χ1v) is 9.64. The molecule has 0 N–H and O–H groups in total. The summed E-state index contributed by atoms with van der Waals surface area (Å²) in [6, 6.07) is 9.77. The smallest absolute Gasteiger partial charge is 0.232 e. The molecule has 156 valence electrons. The van der Waals surface area contributed by atoms with E-state index < -0.39 is 5.82 Å². The molecule has 0 spiro atoms. The van der Waals surface area contributed by atoms with Gasteiger partial charge in [0.25, 0.3) is 0 Å². The molecule has 1 amide bonds. The first-order valence-electron chi connectivity index (χ1n) is 9.26. The van der Waals surface area contributed by atoms with E-state index in [-0.39, 0.29) is 23.3 Å². The van der Waals surface area contributed by atoms with Crippen LogP contribution in [0.4, 0.5) is 4.39 Å². The van der Waals surface area contributed by atoms with Crippen LogP contribution in [0.1, 0.15) is 23.8 Å². The van der Waals surface area contributed by atoms with Gasteiger partial charge in [-0.1, -0.05) is 22.8 Å². The fourth-order valence-corrected chi connectivity index (χ4v) is 3.62. The van der Waals surface area contributed by atoms with E-state index in [2.05, 4.69) is 10.1 Å². The molecule has 2 aromatic carbocycles. The molecule has 0 saturated carbocycles. The SMILES string of the molecule is COc1ccc(CN2CC(c3nc(-c4ccc(F)c(Cl)c4)no3)CC2=O)cc1OC. The summed E-state index contributed by atoms with van der Waals surface area (Å²) in [6.45, 7) is 0.892. The van der Waals surface area contributed by atoms with Crippen molar-refractivity contribution in [3.8, 4) is 22.9 Å². The van der Waals surface area contributed by atoms with Gasteiger partial charge in [-0.2, -0.15) is 4.98 Å². The molecule has 3 aromatic rings. The predicted molar refractivity (Wildman–Crippen MR) is 107 cm³/mol. The number of hydrogen-bond donors (Lipinski definition) is 0. The van der Waals surface area contributed by atoms with Crippen LogP contribution in [0.15, 0.2) is 40.9 Å². The van der Waals surface area contributed by atoms with Crippen molar-refractivity contribution in [2.24, 2.45) is 0 Å². The lowest BCUT2D eigenvalue weighted by molar-refractivity contribution is -0.128. The summed E-state index contributed by atoms with van der Waals surface area (Å²) in [4.78, 5) is 18.6. The zero-order valence-electron chi connectivity index (χ0n) is 16.4. The largest absolute Gasteiger partial charge is 0.493 e. The van der Waals surface area contributed by atoms with E-state index in [1.165, 1.54) is 18.2 Å². The van der Waals surface area contributed by atoms with E-state index in [9.17, 15) is 9.18 Å². The number of methoxy groups -OCH3 is 2. The fraction of sp³-hybridized carbons (Fsp3) is 0.286. The van der Waals surface area contributed by atoms with Gasteiger partial charge >= 0.3 is 0 Å². The quantitative estimate of drug-likeness (QED) is 0.585. The molecule has 30 heavy (non-hydrogen) atoms. The molecule has 9 heteroatoms. The highest BCUT2D eigenvalue weighted by Gasteiger charge is 2.34. The third kappa shape index (κ3) is 3.95. The van der Waals surface area contributed by atoms with Crippen molar-refractivity contribution in [3.63, 3.8) is 0 Å². The summed E-state index contributed by atoms with van der Waals surface area (Å²) >= 11 is 5.82. The summed E-state index contributed by atoms with van der Waals surface area (Å²) in [5, 5.41) is 3.93. The van der Waals surface area contributed by atoms with Crippen LogP contribution in [-0.4, -0.2) is 41.7 Å². The van der Waals surface area contributed by atoms with Crippen molar-refractivity contribution in [1.29, 1.82) is 0 Å². The predicted octanol–water partition coefficient (Wildman–Crippen LogP) is 4.06.